The lowest BCUT2D eigenvalue weighted by Gasteiger charge is -2.15. The van der Waals surface area contributed by atoms with Crippen LogP contribution in [0.1, 0.15) is 13.8 Å². The minimum absolute atomic E-state index is 0.177. The van der Waals surface area contributed by atoms with Gasteiger partial charge in [0, 0.05) is 7.05 Å². The molecule has 0 bridgehead atoms. The van der Waals surface area contributed by atoms with Crippen LogP contribution in [-0.4, -0.2) is 19.0 Å². The van der Waals surface area contributed by atoms with Gasteiger partial charge >= 0.3 is 0 Å². The van der Waals surface area contributed by atoms with Gasteiger partial charge in [0.15, 0.2) is 0 Å². The third-order valence-corrected chi connectivity index (χ3v) is 1.67. The molecule has 0 heterocycles. The first-order valence-electron chi connectivity index (χ1n) is 3.66. The summed E-state index contributed by atoms with van der Waals surface area (Å²) < 4.78 is 0. The molecule has 0 aliphatic carbocycles. The number of rotatable bonds is 3. The smallest absolute Gasteiger partial charge is 0.240 e. The maximum Gasteiger partial charge on any atom is 0.240 e. The molecule has 3 nitrogen and oxygen atoms in total. The molecule has 0 radical (unpaired) electrons. The number of likely N-dealkylation sites (N-methyl/N-ethyl adjacent to an activating group) is 1. The first kappa shape index (κ1) is 10.2. The van der Waals surface area contributed by atoms with Gasteiger partial charge in [0.2, 0.25) is 5.91 Å². The molecule has 0 aromatic rings. The zero-order valence-electron chi connectivity index (χ0n) is 7.35. The van der Waals surface area contributed by atoms with Crippen molar-refractivity contribution in [2.24, 2.45) is 11.7 Å². The molecule has 3 heteroatoms. The van der Waals surface area contributed by atoms with Crippen LogP contribution in [0.5, 0.6) is 0 Å². The van der Waals surface area contributed by atoms with E-state index in [9.17, 15) is 4.79 Å². The van der Waals surface area contributed by atoms with E-state index in [1.807, 2.05) is 13.8 Å². The number of hydrogen-bond donors (Lipinski definition) is 2. The van der Waals surface area contributed by atoms with E-state index >= 15 is 0 Å². The van der Waals surface area contributed by atoms with Crippen molar-refractivity contribution in [3.05, 3.63) is 12.2 Å². The summed E-state index contributed by atoms with van der Waals surface area (Å²) in [5.41, 5.74) is 6.33. The van der Waals surface area contributed by atoms with E-state index in [2.05, 4.69) is 11.9 Å². The highest BCUT2D eigenvalue weighted by molar-refractivity contribution is 5.84. The Labute approximate surface area is 67.7 Å². The number of amides is 1. The average molecular weight is 156 g/mol. The molecule has 64 valence electrons. The molecule has 1 amide bonds. The normalized spacial score (nSPS) is 12.8. The molecule has 0 saturated carbocycles. The number of carbonyl (C=O) groups excluding carboxylic acids is 1. The van der Waals surface area contributed by atoms with Crippen LogP contribution in [0.25, 0.3) is 0 Å². The van der Waals surface area contributed by atoms with E-state index in [1.165, 1.54) is 0 Å². The first-order chi connectivity index (χ1) is 5.00. The van der Waals surface area contributed by atoms with Crippen LogP contribution in [0.2, 0.25) is 0 Å². The quantitative estimate of drug-likeness (QED) is 0.576. The fourth-order valence-electron chi connectivity index (χ4n) is 0.683. The van der Waals surface area contributed by atoms with Gasteiger partial charge in [-0.05, 0) is 11.5 Å². The zero-order chi connectivity index (χ0) is 9.02. The van der Waals surface area contributed by atoms with Gasteiger partial charge in [-0.15, -0.1) is 0 Å². The van der Waals surface area contributed by atoms with Crippen molar-refractivity contribution >= 4 is 5.91 Å². The summed E-state index contributed by atoms with van der Waals surface area (Å²) in [5, 5.41) is 2.48. The first-order valence-corrected chi connectivity index (χ1v) is 3.66. The monoisotopic (exact) mass is 156 g/mol. The molecule has 1 atom stereocenters. The van der Waals surface area contributed by atoms with Crippen molar-refractivity contribution < 1.29 is 4.79 Å². The van der Waals surface area contributed by atoms with Gasteiger partial charge < -0.3 is 11.1 Å². The van der Waals surface area contributed by atoms with Crippen molar-refractivity contribution in [3.8, 4) is 0 Å². The number of carbonyl (C=O) groups is 1. The van der Waals surface area contributed by atoms with Gasteiger partial charge in [-0.3, -0.25) is 4.79 Å². The Morgan fingerprint density at radius 2 is 2.00 bits per heavy atom. The predicted octanol–water partition coefficient (Wildman–Crippen LogP) is 0.272. The lowest BCUT2D eigenvalue weighted by atomic mass is 9.98. The van der Waals surface area contributed by atoms with E-state index < -0.39 is 6.04 Å². The second-order valence-corrected chi connectivity index (χ2v) is 2.82. The topological polar surface area (TPSA) is 55.1 Å². The van der Waals surface area contributed by atoms with Crippen LogP contribution in [-0.2, 0) is 4.79 Å². The molecule has 11 heavy (non-hydrogen) atoms. The third kappa shape index (κ3) is 2.72. The summed E-state index contributed by atoms with van der Waals surface area (Å²) in [6.45, 7) is 7.66. The molecular formula is C8H16N2O. The highest BCUT2D eigenvalue weighted by atomic mass is 16.2. The van der Waals surface area contributed by atoms with Crippen molar-refractivity contribution in [1.82, 2.24) is 5.32 Å². The Morgan fingerprint density at radius 3 is 2.27 bits per heavy atom. The van der Waals surface area contributed by atoms with Crippen LogP contribution in [0.15, 0.2) is 12.2 Å². The summed E-state index contributed by atoms with van der Waals surface area (Å²) >= 11 is 0. The van der Waals surface area contributed by atoms with Crippen molar-refractivity contribution in [2.75, 3.05) is 7.05 Å². The number of nitrogens with two attached hydrogens (primary N) is 1. The molecule has 3 N–H and O–H groups in total. The molecule has 0 spiro atoms. The lowest BCUT2D eigenvalue weighted by Crippen LogP contribution is -2.40. The largest absolute Gasteiger partial charge is 0.358 e. The summed E-state index contributed by atoms with van der Waals surface area (Å²) in [7, 11) is 1.57. The standard InChI is InChI=1S/C8H16N2O/c1-5(2)6(3)7(9)8(11)10-4/h5,7H,3,9H2,1-2,4H3,(H,10,11). The summed E-state index contributed by atoms with van der Waals surface area (Å²) in [6.07, 6.45) is 0. The number of nitrogens with one attached hydrogen (secondary N) is 1. The third-order valence-electron chi connectivity index (χ3n) is 1.67. The van der Waals surface area contributed by atoms with Crippen LogP contribution < -0.4 is 11.1 Å². The van der Waals surface area contributed by atoms with Gasteiger partial charge in [0.05, 0.1) is 0 Å². The summed E-state index contributed by atoms with van der Waals surface area (Å²) in [4.78, 5) is 11.0. The fourth-order valence-corrected chi connectivity index (χ4v) is 0.683. The average Bonchev–Trinajstić information content (AvgIpc) is 2.00. The maximum atomic E-state index is 11.0. The van der Waals surface area contributed by atoms with Crippen molar-refractivity contribution in [2.45, 2.75) is 19.9 Å². The van der Waals surface area contributed by atoms with Gasteiger partial charge in [-0.2, -0.15) is 0 Å². The van der Waals surface area contributed by atoms with Gasteiger partial charge in [0.25, 0.3) is 0 Å². The molecule has 1 unspecified atom stereocenters. The molecule has 0 aliphatic heterocycles. The van der Waals surface area contributed by atoms with E-state index in [-0.39, 0.29) is 11.8 Å². The van der Waals surface area contributed by atoms with Gasteiger partial charge in [-0.1, -0.05) is 20.4 Å². The maximum absolute atomic E-state index is 11.0. The van der Waals surface area contributed by atoms with E-state index in [4.69, 9.17) is 5.73 Å². The molecule has 0 fully saturated rings. The second-order valence-electron chi connectivity index (χ2n) is 2.82. The Hall–Kier alpha value is -0.830. The summed E-state index contributed by atoms with van der Waals surface area (Å²) in [5.74, 6) is 0.0750. The lowest BCUT2D eigenvalue weighted by molar-refractivity contribution is -0.121. The Bertz CT molecular complexity index is 163. The Kier molecular flexibility index (Phi) is 3.82. The highest BCUT2D eigenvalue weighted by Crippen LogP contribution is 2.09. The fraction of sp³-hybridized carbons (Fsp3) is 0.625. The molecule has 0 aliphatic rings. The van der Waals surface area contributed by atoms with E-state index in [0.29, 0.717) is 0 Å². The highest BCUT2D eigenvalue weighted by Gasteiger charge is 2.16. The Morgan fingerprint density at radius 1 is 1.55 bits per heavy atom. The molecule has 0 aromatic heterocycles. The van der Waals surface area contributed by atoms with Crippen molar-refractivity contribution in [3.63, 3.8) is 0 Å². The minimum atomic E-state index is -0.569. The van der Waals surface area contributed by atoms with Crippen LogP contribution in [0.3, 0.4) is 0 Å². The molecule has 0 rings (SSSR count). The molecule has 0 aromatic carbocycles. The van der Waals surface area contributed by atoms with E-state index in [1.54, 1.807) is 7.05 Å². The summed E-state index contributed by atoms with van der Waals surface area (Å²) in [6, 6.07) is -0.569. The predicted molar refractivity (Wildman–Crippen MR) is 46.0 cm³/mol. The van der Waals surface area contributed by atoms with Crippen LogP contribution in [0.4, 0.5) is 0 Å². The van der Waals surface area contributed by atoms with Crippen molar-refractivity contribution in [1.29, 1.82) is 0 Å². The van der Waals surface area contributed by atoms with Gasteiger partial charge in [-0.25, -0.2) is 0 Å². The molecular weight excluding hydrogens is 140 g/mol. The van der Waals surface area contributed by atoms with E-state index in [0.717, 1.165) is 5.57 Å². The SMILES string of the molecule is C=C(C(C)C)C(N)C(=O)NC. The van der Waals surface area contributed by atoms with Crippen LogP contribution in [0, 0.1) is 5.92 Å². The molecule has 0 saturated heterocycles. The Balaban J connectivity index is 4.13. The van der Waals surface area contributed by atoms with Gasteiger partial charge in [0.1, 0.15) is 6.04 Å². The minimum Gasteiger partial charge on any atom is -0.358 e. The number of hydrogen-bond acceptors (Lipinski definition) is 2. The van der Waals surface area contributed by atoms with Crippen LogP contribution >= 0.6 is 0 Å². The second kappa shape index (κ2) is 4.13. The zero-order valence-corrected chi connectivity index (χ0v) is 7.35.